The zero-order valence-corrected chi connectivity index (χ0v) is 16.6. The molecule has 0 saturated heterocycles. The van der Waals surface area contributed by atoms with Crippen LogP contribution in [0.15, 0.2) is 29.3 Å². The molecule has 4 heterocycles. The van der Waals surface area contributed by atoms with Crippen LogP contribution in [-0.2, 0) is 22.5 Å². The Morgan fingerprint density at radius 2 is 2.00 bits per heavy atom. The van der Waals surface area contributed by atoms with Crippen molar-refractivity contribution in [2.45, 2.75) is 33.7 Å². The van der Waals surface area contributed by atoms with E-state index in [0.717, 1.165) is 27.8 Å². The average molecular weight is 397 g/mol. The fourth-order valence-corrected chi connectivity index (χ4v) is 4.55. The van der Waals surface area contributed by atoms with E-state index >= 15 is 0 Å². The van der Waals surface area contributed by atoms with Crippen LogP contribution in [0.4, 0.5) is 0 Å². The van der Waals surface area contributed by atoms with Gasteiger partial charge in [0, 0.05) is 22.8 Å². The summed E-state index contributed by atoms with van der Waals surface area (Å²) < 4.78 is 7.77. The monoisotopic (exact) mass is 397 g/mol. The summed E-state index contributed by atoms with van der Waals surface area (Å²) >= 11 is 1.49. The van der Waals surface area contributed by atoms with Crippen molar-refractivity contribution < 1.29 is 9.53 Å². The molecular formula is C19H19N5O3S. The van der Waals surface area contributed by atoms with Crippen LogP contribution in [0, 0.1) is 6.92 Å². The summed E-state index contributed by atoms with van der Waals surface area (Å²) in [6, 6.07) is 3.59. The van der Waals surface area contributed by atoms with E-state index < -0.39 is 11.7 Å². The summed E-state index contributed by atoms with van der Waals surface area (Å²) in [6.07, 6.45) is 4.10. The smallest absolute Gasteiger partial charge is 0.352 e. The molecule has 0 saturated carbocycles. The largest absolute Gasteiger partial charge is 0.465 e. The van der Waals surface area contributed by atoms with Gasteiger partial charge in [-0.1, -0.05) is 6.92 Å². The quantitative estimate of drug-likeness (QED) is 0.481. The number of aromatic nitrogens is 5. The van der Waals surface area contributed by atoms with Crippen LogP contribution in [0.5, 0.6) is 0 Å². The SMILES string of the molecule is CCOC(=O)Cn1c(=O)n2nc(-c3ccncc3)nc2c2c(CC)c(C)sc21. The fourth-order valence-electron chi connectivity index (χ4n) is 3.32. The van der Waals surface area contributed by atoms with Gasteiger partial charge in [-0.05, 0) is 38.0 Å². The molecule has 0 aromatic carbocycles. The number of carbonyl (C=O) groups excluding carboxylic acids is 1. The van der Waals surface area contributed by atoms with Crippen molar-refractivity contribution >= 4 is 33.2 Å². The Kier molecular flexibility index (Phi) is 4.68. The van der Waals surface area contributed by atoms with Crippen LogP contribution in [0.3, 0.4) is 0 Å². The molecule has 0 aliphatic rings. The van der Waals surface area contributed by atoms with Crippen molar-refractivity contribution in [3.63, 3.8) is 0 Å². The second-order valence-electron chi connectivity index (χ2n) is 6.25. The predicted molar refractivity (Wildman–Crippen MR) is 107 cm³/mol. The van der Waals surface area contributed by atoms with Crippen molar-refractivity contribution in [2.75, 3.05) is 6.61 Å². The third-order valence-electron chi connectivity index (χ3n) is 4.56. The number of hydrogen-bond donors (Lipinski definition) is 0. The van der Waals surface area contributed by atoms with E-state index in [1.165, 1.54) is 20.4 Å². The molecule has 144 valence electrons. The summed E-state index contributed by atoms with van der Waals surface area (Å²) in [5.41, 5.74) is 1.98. The van der Waals surface area contributed by atoms with E-state index in [4.69, 9.17) is 4.74 Å². The van der Waals surface area contributed by atoms with Gasteiger partial charge in [-0.25, -0.2) is 9.78 Å². The molecule has 0 spiro atoms. The summed E-state index contributed by atoms with van der Waals surface area (Å²) in [6.45, 7) is 5.92. The lowest BCUT2D eigenvalue weighted by Crippen LogP contribution is -2.30. The van der Waals surface area contributed by atoms with Crippen LogP contribution >= 0.6 is 11.3 Å². The first kappa shape index (κ1) is 18.3. The second kappa shape index (κ2) is 7.16. The van der Waals surface area contributed by atoms with Gasteiger partial charge in [0.1, 0.15) is 11.4 Å². The van der Waals surface area contributed by atoms with Gasteiger partial charge in [0.25, 0.3) is 0 Å². The maximum absolute atomic E-state index is 13.1. The number of thiophene rings is 1. The number of hydrogen-bond acceptors (Lipinski definition) is 7. The molecule has 0 radical (unpaired) electrons. The lowest BCUT2D eigenvalue weighted by Gasteiger charge is -2.08. The van der Waals surface area contributed by atoms with Crippen LogP contribution in [0.25, 0.3) is 27.3 Å². The van der Waals surface area contributed by atoms with E-state index in [2.05, 4.69) is 22.0 Å². The highest BCUT2D eigenvalue weighted by atomic mass is 32.1. The number of esters is 1. The van der Waals surface area contributed by atoms with Gasteiger partial charge >= 0.3 is 11.7 Å². The van der Waals surface area contributed by atoms with Gasteiger partial charge in [0.2, 0.25) is 0 Å². The zero-order valence-electron chi connectivity index (χ0n) is 15.8. The van der Waals surface area contributed by atoms with Crippen LogP contribution in [0.1, 0.15) is 24.3 Å². The summed E-state index contributed by atoms with van der Waals surface area (Å²) in [5, 5.41) is 5.29. The molecule has 4 aromatic rings. The molecule has 0 N–H and O–H groups in total. The Bertz CT molecular complexity index is 1240. The topological polar surface area (TPSA) is 91.4 Å². The van der Waals surface area contributed by atoms with E-state index in [9.17, 15) is 9.59 Å². The number of fused-ring (bicyclic) bond motifs is 3. The summed E-state index contributed by atoms with van der Waals surface area (Å²) in [5.74, 6) is -0.00980. The minimum absolute atomic E-state index is 0.160. The molecule has 0 aliphatic heterocycles. The maximum atomic E-state index is 13.1. The fraction of sp³-hybridized carbons (Fsp3) is 0.316. The molecule has 0 aliphatic carbocycles. The number of carbonyl (C=O) groups is 1. The molecule has 0 atom stereocenters. The van der Waals surface area contributed by atoms with Gasteiger partial charge in [-0.3, -0.25) is 14.3 Å². The number of aryl methyl sites for hydroxylation is 2. The van der Waals surface area contributed by atoms with E-state index in [-0.39, 0.29) is 13.2 Å². The van der Waals surface area contributed by atoms with Gasteiger partial charge in [0.05, 0.1) is 12.0 Å². The van der Waals surface area contributed by atoms with E-state index in [0.29, 0.717) is 16.3 Å². The molecule has 8 nitrogen and oxygen atoms in total. The first-order chi connectivity index (χ1) is 13.5. The molecular weight excluding hydrogens is 378 g/mol. The van der Waals surface area contributed by atoms with Gasteiger partial charge in [-0.15, -0.1) is 16.4 Å². The Morgan fingerprint density at radius 1 is 1.25 bits per heavy atom. The maximum Gasteiger partial charge on any atom is 0.352 e. The third-order valence-corrected chi connectivity index (χ3v) is 5.73. The second-order valence-corrected chi connectivity index (χ2v) is 7.45. The molecule has 4 rings (SSSR count). The van der Waals surface area contributed by atoms with E-state index in [1.807, 2.05) is 6.92 Å². The van der Waals surface area contributed by atoms with Crippen molar-refractivity contribution in [2.24, 2.45) is 0 Å². The van der Waals surface area contributed by atoms with Crippen molar-refractivity contribution in [3.05, 3.63) is 45.5 Å². The van der Waals surface area contributed by atoms with Gasteiger partial charge < -0.3 is 4.74 Å². The number of nitrogens with zero attached hydrogens (tertiary/aromatic N) is 5. The zero-order chi connectivity index (χ0) is 19.8. The molecule has 0 unspecified atom stereocenters. The Morgan fingerprint density at radius 3 is 2.68 bits per heavy atom. The average Bonchev–Trinajstić information content (AvgIpc) is 3.27. The number of rotatable bonds is 5. The highest BCUT2D eigenvalue weighted by Crippen LogP contribution is 2.33. The van der Waals surface area contributed by atoms with Crippen LogP contribution in [0.2, 0.25) is 0 Å². The first-order valence-electron chi connectivity index (χ1n) is 9.02. The lowest BCUT2D eigenvalue weighted by atomic mass is 10.1. The Balaban J connectivity index is 2.05. The summed E-state index contributed by atoms with van der Waals surface area (Å²) in [4.78, 5) is 35.7. The highest BCUT2D eigenvalue weighted by Gasteiger charge is 2.22. The minimum atomic E-state index is -0.455. The first-order valence-corrected chi connectivity index (χ1v) is 9.84. The molecule has 0 amide bonds. The highest BCUT2D eigenvalue weighted by molar-refractivity contribution is 7.19. The van der Waals surface area contributed by atoms with Crippen molar-refractivity contribution in [1.29, 1.82) is 0 Å². The number of ether oxygens (including phenoxy) is 1. The standard InChI is InChI=1S/C19H19N5O3S/c1-4-13-11(3)28-18-15(13)17-21-16(12-6-8-20-9-7-12)22-24(17)19(26)23(18)10-14(25)27-5-2/h6-9H,4-5,10H2,1-3H3. The third kappa shape index (κ3) is 2.88. The van der Waals surface area contributed by atoms with Gasteiger partial charge in [0.15, 0.2) is 11.5 Å². The van der Waals surface area contributed by atoms with Crippen molar-refractivity contribution in [1.82, 2.24) is 24.1 Å². The minimum Gasteiger partial charge on any atom is -0.465 e. The molecule has 9 heteroatoms. The number of pyridine rings is 1. The van der Waals surface area contributed by atoms with Gasteiger partial charge in [-0.2, -0.15) is 4.52 Å². The molecule has 4 aromatic heterocycles. The molecule has 0 fully saturated rings. The normalized spacial score (nSPS) is 11.4. The van der Waals surface area contributed by atoms with Crippen molar-refractivity contribution in [3.8, 4) is 11.4 Å². The molecule has 0 bridgehead atoms. The lowest BCUT2D eigenvalue weighted by molar-refractivity contribution is -0.143. The Hall–Kier alpha value is -3.07. The Labute approximate surface area is 164 Å². The van der Waals surface area contributed by atoms with E-state index in [1.54, 1.807) is 31.5 Å². The molecule has 28 heavy (non-hydrogen) atoms. The van der Waals surface area contributed by atoms with Crippen LogP contribution < -0.4 is 5.69 Å². The predicted octanol–water partition coefficient (Wildman–Crippen LogP) is 2.60. The van der Waals surface area contributed by atoms with Crippen LogP contribution in [-0.4, -0.2) is 36.7 Å². The summed E-state index contributed by atoms with van der Waals surface area (Å²) in [7, 11) is 0.